The van der Waals surface area contributed by atoms with Gasteiger partial charge < -0.3 is 10.2 Å². The lowest BCUT2D eigenvalue weighted by molar-refractivity contribution is -0.139. The van der Waals surface area contributed by atoms with Crippen LogP contribution in [0.25, 0.3) is 0 Å². The zero-order valence-corrected chi connectivity index (χ0v) is 25.9. The van der Waals surface area contributed by atoms with Crippen molar-refractivity contribution in [3.05, 3.63) is 92.4 Å². The summed E-state index contributed by atoms with van der Waals surface area (Å²) >= 11 is 24.9. The maximum absolute atomic E-state index is 14.0. The molecule has 0 aromatic heterocycles. The summed E-state index contributed by atoms with van der Waals surface area (Å²) in [4.78, 5) is 28.3. The molecule has 0 unspecified atom stereocenters. The van der Waals surface area contributed by atoms with Gasteiger partial charge in [0, 0.05) is 28.2 Å². The average Bonchev–Trinajstić information content (AvgIpc) is 2.90. The van der Waals surface area contributed by atoms with Crippen molar-refractivity contribution in [3.63, 3.8) is 0 Å². The quantitative estimate of drug-likeness (QED) is 0.252. The van der Waals surface area contributed by atoms with Gasteiger partial charge in [0.15, 0.2) is 0 Å². The molecule has 214 valence electrons. The van der Waals surface area contributed by atoms with E-state index in [0.717, 1.165) is 4.31 Å². The zero-order chi connectivity index (χ0) is 29.6. The van der Waals surface area contributed by atoms with Crippen molar-refractivity contribution in [2.24, 2.45) is 5.92 Å². The molecule has 1 N–H and O–H groups in total. The van der Waals surface area contributed by atoms with Gasteiger partial charge in [0.05, 0.1) is 15.6 Å². The molecule has 0 aliphatic heterocycles. The van der Waals surface area contributed by atoms with Gasteiger partial charge in [-0.25, -0.2) is 8.42 Å². The number of rotatable bonds is 11. The zero-order valence-electron chi connectivity index (χ0n) is 22.1. The SMILES string of the molecule is CC(C)CNC(=O)[C@H](C)N(Cc1ccc(Cl)cc1Cl)C(=O)CN(c1ccc(Cl)cc1Cl)S(=O)(=O)c1ccccc1. The first-order chi connectivity index (χ1) is 18.8. The second-order valence-corrected chi connectivity index (χ2v) is 13.0. The van der Waals surface area contributed by atoms with Gasteiger partial charge in [-0.3, -0.25) is 13.9 Å². The van der Waals surface area contributed by atoms with E-state index >= 15 is 0 Å². The number of carbonyl (C=O) groups excluding carboxylic acids is 2. The van der Waals surface area contributed by atoms with Gasteiger partial charge in [0.2, 0.25) is 11.8 Å². The minimum absolute atomic E-state index is 0.0369. The molecule has 0 aliphatic rings. The van der Waals surface area contributed by atoms with Crippen LogP contribution in [0.1, 0.15) is 26.3 Å². The highest BCUT2D eigenvalue weighted by Crippen LogP contribution is 2.33. The molecular formula is C28H29Cl4N3O4S. The Kier molecular flexibility index (Phi) is 11.1. The molecule has 12 heteroatoms. The molecule has 0 heterocycles. The van der Waals surface area contributed by atoms with E-state index in [1.165, 1.54) is 41.3 Å². The number of hydrogen-bond acceptors (Lipinski definition) is 4. The maximum atomic E-state index is 14.0. The van der Waals surface area contributed by atoms with Crippen LogP contribution in [0.15, 0.2) is 71.6 Å². The van der Waals surface area contributed by atoms with E-state index in [-0.39, 0.29) is 28.1 Å². The lowest BCUT2D eigenvalue weighted by Gasteiger charge is -2.32. The highest BCUT2D eigenvalue weighted by atomic mass is 35.5. The first-order valence-electron chi connectivity index (χ1n) is 12.3. The Morgan fingerprint density at radius 3 is 2.02 bits per heavy atom. The maximum Gasteiger partial charge on any atom is 0.264 e. The van der Waals surface area contributed by atoms with Crippen molar-refractivity contribution in [2.75, 3.05) is 17.4 Å². The molecule has 0 saturated carbocycles. The predicted molar refractivity (Wildman–Crippen MR) is 162 cm³/mol. The fourth-order valence-corrected chi connectivity index (χ4v) is 6.27. The normalized spacial score (nSPS) is 12.2. The Balaban J connectivity index is 2.06. The van der Waals surface area contributed by atoms with Crippen LogP contribution in [0.2, 0.25) is 20.1 Å². The molecule has 3 aromatic rings. The number of benzene rings is 3. The molecule has 0 aliphatic carbocycles. The summed E-state index contributed by atoms with van der Waals surface area (Å²) in [5, 5.41) is 3.87. The molecule has 0 radical (unpaired) electrons. The van der Waals surface area contributed by atoms with Crippen LogP contribution in [-0.2, 0) is 26.2 Å². The molecule has 0 bridgehead atoms. The summed E-state index contributed by atoms with van der Waals surface area (Å²) in [6.07, 6.45) is 0. The Labute approximate surface area is 255 Å². The molecule has 1 atom stereocenters. The standard InChI is InChI=1S/C28H29Cl4N3O4S/c1-18(2)15-33-28(37)19(3)34(16-20-9-10-21(29)13-24(20)31)27(36)17-35(26-12-11-22(30)14-25(26)32)40(38,39)23-7-5-4-6-8-23/h4-14,18-19H,15-17H2,1-3H3,(H,33,37)/t19-/m0/s1. The molecule has 3 rings (SSSR count). The van der Waals surface area contributed by atoms with Crippen LogP contribution in [0, 0.1) is 5.92 Å². The van der Waals surface area contributed by atoms with Crippen molar-refractivity contribution < 1.29 is 18.0 Å². The van der Waals surface area contributed by atoms with E-state index in [9.17, 15) is 18.0 Å². The smallest absolute Gasteiger partial charge is 0.264 e. The summed E-state index contributed by atoms with van der Waals surface area (Å²) < 4.78 is 28.5. The van der Waals surface area contributed by atoms with Crippen LogP contribution in [-0.4, -0.2) is 44.3 Å². The lowest BCUT2D eigenvalue weighted by Crippen LogP contribution is -2.51. The number of halogens is 4. The number of carbonyl (C=O) groups is 2. The van der Waals surface area contributed by atoms with Crippen LogP contribution >= 0.6 is 46.4 Å². The second kappa shape index (κ2) is 13.9. The lowest BCUT2D eigenvalue weighted by atomic mass is 10.1. The summed E-state index contributed by atoms with van der Waals surface area (Å²) in [5.74, 6) is -0.859. The van der Waals surface area contributed by atoms with Crippen molar-refractivity contribution in [1.82, 2.24) is 10.2 Å². The molecular weight excluding hydrogens is 616 g/mol. The largest absolute Gasteiger partial charge is 0.354 e. The third kappa shape index (κ3) is 8.04. The van der Waals surface area contributed by atoms with Crippen molar-refractivity contribution in [3.8, 4) is 0 Å². The fraction of sp³-hybridized carbons (Fsp3) is 0.286. The van der Waals surface area contributed by atoms with Gasteiger partial charge in [-0.2, -0.15) is 0 Å². The van der Waals surface area contributed by atoms with Crippen LogP contribution in [0.4, 0.5) is 5.69 Å². The molecule has 0 saturated heterocycles. The van der Waals surface area contributed by atoms with E-state index in [1.54, 1.807) is 37.3 Å². The summed E-state index contributed by atoms with van der Waals surface area (Å²) in [6, 6.07) is 15.8. The molecule has 7 nitrogen and oxygen atoms in total. The fourth-order valence-electron chi connectivity index (χ4n) is 3.79. The van der Waals surface area contributed by atoms with Gasteiger partial charge in [-0.15, -0.1) is 0 Å². The van der Waals surface area contributed by atoms with Crippen molar-refractivity contribution >= 4 is 73.9 Å². The summed E-state index contributed by atoms with van der Waals surface area (Å²) in [5.41, 5.74) is 0.592. The van der Waals surface area contributed by atoms with Crippen molar-refractivity contribution in [2.45, 2.75) is 38.3 Å². The molecule has 2 amide bonds. The first kappa shape index (κ1) is 32.0. The number of amides is 2. The van der Waals surface area contributed by atoms with E-state index in [0.29, 0.717) is 27.2 Å². The van der Waals surface area contributed by atoms with Crippen LogP contribution < -0.4 is 9.62 Å². The average molecular weight is 645 g/mol. The van der Waals surface area contributed by atoms with E-state index in [4.69, 9.17) is 46.4 Å². The molecule has 40 heavy (non-hydrogen) atoms. The van der Waals surface area contributed by atoms with Gasteiger partial charge in [0.25, 0.3) is 10.0 Å². The monoisotopic (exact) mass is 643 g/mol. The third-order valence-corrected chi connectivity index (χ3v) is 8.89. The highest BCUT2D eigenvalue weighted by Gasteiger charge is 2.33. The topological polar surface area (TPSA) is 86.8 Å². The van der Waals surface area contributed by atoms with Gasteiger partial charge in [-0.1, -0.05) is 84.5 Å². The van der Waals surface area contributed by atoms with E-state index < -0.39 is 34.4 Å². The molecule has 3 aromatic carbocycles. The Bertz CT molecular complexity index is 1470. The van der Waals surface area contributed by atoms with Crippen molar-refractivity contribution in [1.29, 1.82) is 0 Å². The minimum atomic E-state index is -4.26. The minimum Gasteiger partial charge on any atom is -0.354 e. The molecule has 0 spiro atoms. The Hall–Kier alpha value is -2.49. The Morgan fingerprint density at radius 1 is 0.850 bits per heavy atom. The van der Waals surface area contributed by atoms with Gasteiger partial charge in [0.1, 0.15) is 12.6 Å². The molecule has 0 fully saturated rings. The number of sulfonamides is 1. The number of nitrogens with one attached hydrogen (secondary N) is 1. The van der Waals surface area contributed by atoms with Crippen LogP contribution in [0.5, 0.6) is 0 Å². The summed E-state index contributed by atoms with van der Waals surface area (Å²) in [7, 11) is -4.26. The highest BCUT2D eigenvalue weighted by molar-refractivity contribution is 7.92. The summed E-state index contributed by atoms with van der Waals surface area (Å²) in [6.45, 7) is 5.15. The van der Waals surface area contributed by atoms with Gasteiger partial charge in [-0.05, 0) is 60.9 Å². The third-order valence-electron chi connectivity index (χ3n) is 6.00. The number of hydrogen-bond donors (Lipinski definition) is 1. The Morgan fingerprint density at radius 2 is 1.45 bits per heavy atom. The second-order valence-electron chi connectivity index (χ2n) is 9.49. The first-order valence-corrected chi connectivity index (χ1v) is 15.3. The number of anilines is 1. The predicted octanol–water partition coefficient (Wildman–Crippen LogP) is 6.69. The van der Waals surface area contributed by atoms with Gasteiger partial charge >= 0.3 is 0 Å². The van der Waals surface area contributed by atoms with E-state index in [2.05, 4.69) is 5.32 Å². The van der Waals surface area contributed by atoms with Crippen LogP contribution in [0.3, 0.4) is 0 Å². The number of nitrogens with zero attached hydrogens (tertiary/aromatic N) is 2. The van der Waals surface area contributed by atoms with E-state index in [1.807, 2.05) is 13.8 Å².